The first-order chi connectivity index (χ1) is 15.0. The van der Waals surface area contributed by atoms with Crippen LogP contribution < -0.4 is 4.74 Å². The number of carbonyl (C=O) groups is 1. The maximum absolute atomic E-state index is 13.0. The summed E-state index contributed by atoms with van der Waals surface area (Å²) in [7, 11) is 5.71. The molecule has 170 valence electrons. The molecule has 1 aliphatic heterocycles. The lowest BCUT2D eigenvalue weighted by molar-refractivity contribution is -0.132. The average molecular weight is 430 g/mol. The van der Waals surface area contributed by atoms with E-state index in [0.29, 0.717) is 30.6 Å². The molecule has 0 radical (unpaired) electrons. The summed E-state index contributed by atoms with van der Waals surface area (Å²) in [6.45, 7) is 6.75. The van der Waals surface area contributed by atoms with Crippen molar-refractivity contribution >= 4 is 5.91 Å². The zero-order chi connectivity index (χ0) is 22.2. The van der Waals surface area contributed by atoms with Crippen molar-refractivity contribution in [3.05, 3.63) is 30.2 Å². The first-order valence-electron chi connectivity index (χ1n) is 11.1. The van der Waals surface area contributed by atoms with Crippen molar-refractivity contribution in [2.75, 3.05) is 53.9 Å². The molecule has 8 nitrogen and oxygen atoms in total. The highest BCUT2D eigenvalue weighted by atomic mass is 16.5. The second-order valence-corrected chi connectivity index (χ2v) is 8.31. The van der Waals surface area contributed by atoms with Crippen molar-refractivity contribution in [2.24, 2.45) is 0 Å². The van der Waals surface area contributed by atoms with E-state index in [9.17, 15) is 4.79 Å². The molecule has 1 aromatic heterocycles. The molecule has 0 aliphatic carbocycles. The fraction of sp³-hybridized carbons (Fsp3) is 0.609. The Kier molecular flexibility index (Phi) is 8.43. The van der Waals surface area contributed by atoms with Gasteiger partial charge in [0.1, 0.15) is 5.75 Å². The average Bonchev–Trinajstić information content (AvgIpc) is 3.44. The smallest absolute Gasteiger partial charge is 0.227 e. The number of ether oxygens (including phenoxy) is 1. The lowest BCUT2D eigenvalue weighted by Gasteiger charge is -2.31. The Morgan fingerprint density at radius 2 is 2.03 bits per heavy atom. The molecule has 1 aromatic carbocycles. The molecule has 1 aliphatic rings. The molecule has 0 N–H and O–H groups in total. The highest BCUT2D eigenvalue weighted by Crippen LogP contribution is 2.21. The van der Waals surface area contributed by atoms with E-state index in [2.05, 4.69) is 26.9 Å². The molecule has 1 amide bonds. The van der Waals surface area contributed by atoms with E-state index in [-0.39, 0.29) is 5.91 Å². The molecule has 0 spiro atoms. The third-order valence-corrected chi connectivity index (χ3v) is 5.88. The van der Waals surface area contributed by atoms with Crippen molar-refractivity contribution in [3.8, 4) is 17.1 Å². The molecular formula is C23H35N5O3. The number of likely N-dealkylation sites (tertiary alicyclic amines) is 1. The predicted molar refractivity (Wildman–Crippen MR) is 120 cm³/mol. The number of carbonyl (C=O) groups excluding carboxylic acids is 1. The Morgan fingerprint density at radius 1 is 1.26 bits per heavy atom. The van der Waals surface area contributed by atoms with Crippen LogP contribution in [0.3, 0.4) is 0 Å². The van der Waals surface area contributed by atoms with Crippen molar-refractivity contribution in [2.45, 2.75) is 38.6 Å². The van der Waals surface area contributed by atoms with E-state index in [1.165, 1.54) is 6.42 Å². The van der Waals surface area contributed by atoms with Crippen LogP contribution >= 0.6 is 0 Å². The molecule has 2 heterocycles. The topological polar surface area (TPSA) is 74.9 Å². The van der Waals surface area contributed by atoms with Gasteiger partial charge in [0.2, 0.25) is 17.6 Å². The standard InChI is InChI=1S/C23H35N5O3/c1-5-27-14-6-7-19(27)17-28(16-15-26(2)3)22(29)13-12-21-24-23(25-31-21)18-8-10-20(30-4)11-9-18/h8-11,19H,5-7,12-17H2,1-4H3. The van der Waals surface area contributed by atoms with Crippen LogP contribution in [0.5, 0.6) is 5.75 Å². The van der Waals surface area contributed by atoms with Crippen LogP contribution in [0, 0.1) is 0 Å². The number of likely N-dealkylation sites (N-methyl/N-ethyl adjacent to an activating group) is 2. The quantitative estimate of drug-likeness (QED) is 0.543. The maximum atomic E-state index is 13.0. The Bertz CT molecular complexity index is 821. The minimum Gasteiger partial charge on any atom is -0.497 e. The van der Waals surface area contributed by atoms with Gasteiger partial charge in [-0.15, -0.1) is 0 Å². The van der Waals surface area contributed by atoms with Gasteiger partial charge in [0.25, 0.3) is 0 Å². The fourth-order valence-corrected chi connectivity index (χ4v) is 4.00. The molecule has 31 heavy (non-hydrogen) atoms. The number of rotatable bonds is 11. The highest BCUT2D eigenvalue weighted by Gasteiger charge is 2.27. The van der Waals surface area contributed by atoms with Gasteiger partial charge in [-0.05, 0) is 64.3 Å². The monoisotopic (exact) mass is 429 g/mol. The molecule has 1 saturated heterocycles. The first-order valence-corrected chi connectivity index (χ1v) is 11.1. The third-order valence-electron chi connectivity index (χ3n) is 5.88. The summed E-state index contributed by atoms with van der Waals surface area (Å²) in [5.74, 6) is 1.94. The van der Waals surface area contributed by atoms with Crippen LogP contribution in [0.2, 0.25) is 0 Å². The molecule has 1 fully saturated rings. The van der Waals surface area contributed by atoms with Crippen LogP contribution in [0.15, 0.2) is 28.8 Å². The lowest BCUT2D eigenvalue weighted by atomic mass is 10.2. The zero-order valence-electron chi connectivity index (χ0n) is 19.2. The summed E-state index contributed by atoms with van der Waals surface area (Å²) in [5.41, 5.74) is 0.857. The number of amides is 1. The van der Waals surface area contributed by atoms with E-state index in [1.54, 1.807) is 7.11 Å². The van der Waals surface area contributed by atoms with E-state index in [0.717, 1.165) is 50.5 Å². The van der Waals surface area contributed by atoms with Gasteiger partial charge in [-0.2, -0.15) is 4.98 Å². The molecule has 0 saturated carbocycles. The van der Waals surface area contributed by atoms with Gasteiger partial charge >= 0.3 is 0 Å². The largest absolute Gasteiger partial charge is 0.497 e. The first kappa shape index (κ1) is 23.2. The molecule has 8 heteroatoms. The van der Waals surface area contributed by atoms with Crippen molar-refractivity contribution in [1.29, 1.82) is 0 Å². The van der Waals surface area contributed by atoms with Crippen LogP contribution in [0.1, 0.15) is 32.1 Å². The normalized spacial score (nSPS) is 16.7. The van der Waals surface area contributed by atoms with Crippen LogP contribution in [-0.2, 0) is 11.2 Å². The van der Waals surface area contributed by atoms with Gasteiger partial charge in [0.05, 0.1) is 7.11 Å². The molecule has 0 bridgehead atoms. The third kappa shape index (κ3) is 6.51. The number of nitrogens with zero attached hydrogens (tertiary/aromatic N) is 5. The molecular weight excluding hydrogens is 394 g/mol. The molecule has 1 atom stereocenters. The SMILES string of the molecule is CCN1CCCC1CN(CCN(C)C)C(=O)CCc1nc(-c2ccc(OC)cc2)no1. The number of benzene rings is 1. The maximum Gasteiger partial charge on any atom is 0.227 e. The van der Waals surface area contributed by atoms with Crippen LogP contribution in [0.25, 0.3) is 11.4 Å². The van der Waals surface area contributed by atoms with Crippen LogP contribution in [0.4, 0.5) is 0 Å². The van der Waals surface area contributed by atoms with Gasteiger partial charge in [0, 0.05) is 44.1 Å². The summed E-state index contributed by atoms with van der Waals surface area (Å²) in [5, 5.41) is 4.06. The van der Waals surface area contributed by atoms with E-state index >= 15 is 0 Å². The summed E-state index contributed by atoms with van der Waals surface area (Å²) in [4.78, 5) is 24.1. The van der Waals surface area contributed by atoms with Gasteiger partial charge in [0.15, 0.2) is 0 Å². The van der Waals surface area contributed by atoms with Crippen molar-refractivity contribution in [3.63, 3.8) is 0 Å². The molecule has 2 aromatic rings. The molecule has 3 rings (SSSR count). The lowest BCUT2D eigenvalue weighted by Crippen LogP contribution is -2.45. The Balaban J connectivity index is 1.58. The second-order valence-electron chi connectivity index (χ2n) is 8.31. The predicted octanol–water partition coefficient (Wildman–Crippen LogP) is 2.55. The van der Waals surface area contributed by atoms with Crippen molar-refractivity contribution in [1.82, 2.24) is 24.8 Å². The number of hydrogen-bond acceptors (Lipinski definition) is 7. The van der Waals surface area contributed by atoms with Gasteiger partial charge in [-0.3, -0.25) is 9.69 Å². The van der Waals surface area contributed by atoms with Crippen molar-refractivity contribution < 1.29 is 14.1 Å². The highest BCUT2D eigenvalue weighted by molar-refractivity contribution is 5.76. The zero-order valence-corrected chi connectivity index (χ0v) is 19.2. The van der Waals surface area contributed by atoms with Gasteiger partial charge in [-0.25, -0.2) is 0 Å². The van der Waals surface area contributed by atoms with Gasteiger partial charge < -0.3 is 19.1 Å². The summed E-state index contributed by atoms with van der Waals surface area (Å²) >= 11 is 0. The van der Waals surface area contributed by atoms with Crippen LogP contribution in [-0.4, -0.2) is 90.7 Å². The minimum atomic E-state index is 0.147. The Hall–Kier alpha value is -2.45. The summed E-state index contributed by atoms with van der Waals surface area (Å²) in [6, 6.07) is 7.97. The summed E-state index contributed by atoms with van der Waals surface area (Å²) < 4.78 is 10.6. The van der Waals surface area contributed by atoms with E-state index in [1.807, 2.05) is 43.3 Å². The number of aromatic nitrogens is 2. The fourth-order valence-electron chi connectivity index (χ4n) is 4.00. The summed E-state index contributed by atoms with van der Waals surface area (Å²) in [6.07, 6.45) is 3.19. The Morgan fingerprint density at radius 3 is 2.71 bits per heavy atom. The van der Waals surface area contributed by atoms with E-state index < -0.39 is 0 Å². The number of aryl methyl sites for hydroxylation is 1. The van der Waals surface area contributed by atoms with Gasteiger partial charge in [-0.1, -0.05) is 12.1 Å². The second kappa shape index (κ2) is 11.2. The number of methoxy groups -OCH3 is 1. The minimum absolute atomic E-state index is 0.147. The Labute approximate surface area is 185 Å². The molecule has 1 unspecified atom stereocenters. The number of hydrogen-bond donors (Lipinski definition) is 0. The van der Waals surface area contributed by atoms with E-state index in [4.69, 9.17) is 9.26 Å².